The summed E-state index contributed by atoms with van der Waals surface area (Å²) in [6.45, 7) is 4.48. The second kappa shape index (κ2) is 7.07. The molecule has 2 N–H and O–H groups in total. The number of hydrogen-bond donors (Lipinski definition) is 2. The monoisotopic (exact) mass is 235 g/mol. The summed E-state index contributed by atoms with van der Waals surface area (Å²) in [5.74, 6) is -0.0502. The number of aryl methyl sites for hydroxylation is 1. The minimum Gasteiger partial charge on any atom is -0.393 e. The van der Waals surface area contributed by atoms with Crippen molar-refractivity contribution in [2.75, 3.05) is 6.54 Å². The van der Waals surface area contributed by atoms with Crippen LogP contribution in [0.25, 0.3) is 0 Å². The first-order chi connectivity index (χ1) is 8.19. The predicted octanol–water partition coefficient (Wildman–Crippen LogP) is 2.14. The van der Waals surface area contributed by atoms with Gasteiger partial charge in [-0.2, -0.15) is 0 Å². The van der Waals surface area contributed by atoms with Crippen LogP contribution in [-0.4, -0.2) is 23.7 Å². The van der Waals surface area contributed by atoms with E-state index in [0.29, 0.717) is 13.0 Å². The largest absolute Gasteiger partial charge is 0.393 e. The van der Waals surface area contributed by atoms with Gasteiger partial charge in [0.05, 0.1) is 6.10 Å². The van der Waals surface area contributed by atoms with E-state index < -0.39 is 0 Å². The Balaban J connectivity index is 2.52. The van der Waals surface area contributed by atoms with Crippen LogP contribution in [0.15, 0.2) is 24.3 Å². The molecule has 1 amide bonds. The number of aliphatic hydroxyl groups excluding tert-OH is 1. The van der Waals surface area contributed by atoms with Gasteiger partial charge in [-0.1, -0.05) is 32.0 Å². The Kier molecular flexibility index (Phi) is 5.70. The zero-order valence-electron chi connectivity index (χ0n) is 10.6. The van der Waals surface area contributed by atoms with Crippen LogP contribution in [-0.2, 0) is 6.42 Å². The molecular formula is C14H21NO2. The molecule has 0 aliphatic heterocycles. The second-order valence-corrected chi connectivity index (χ2v) is 4.12. The van der Waals surface area contributed by atoms with Crippen molar-refractivity contribution in [1.82, 2.24) is 5.32 Å². The normalized spacial score (nSPS) is 12.2. The molecule has 17 heavy (non-hydrogen) atoms. The van der Waals surface area contributed by atoms with Gasteiger partial charge < -0.3 is 10.4 Å². The molecule has 0 saturated heterocycles. The lowest BCUT2D eigenvalue weighted by Gasteiger charge is -2.10. The van der Waals surface area contributed by atoms with E-state index in [-0.39, 0.29) is 12.0 Å². The van der Waals surface area contributed by atoms with Crippen LogP contribution in [0.1, 0.15) is 42.6 Å². The predicted molar refractivity (Wildman–Crippen MR) is 69.1 cm³/mol. The SMILES string of the molecule is CCc1ccccc1C(=O)NCCC(O)CC. The molecule has 0 aliphatic carbocycles. The number of aliphatic hydroxyl groups is 1. The Bertz CT molecular complexity index is 363. The molecule has 1 unspecified atom stereocenters. The van der Waals surface area contributed by atoms with Gasteiger partial charge in [0.15, 0.2) is 0 Å². The van der Waals surface area contributed by atoms with Crippen molar-refractivity contribution >= 4 is 5.91 Å². The lowest BCUT2D eigenvalue weighted by molar-refractivity contribution is 0.0941. The maximum Gasteiger partial charge on any atom is 0.251 e. The zero-order valence-corrected chi connectivity index (χ0v) is 10.6. The molecule has 0 bridgehead atoms. The van der Waals surface area contributed by atoms with Crippen LogP contribution in [0, 0.1) is 0 Å². The van der Waals surface area contributed by atoms with Gasteiger partial charge in [-0.3, -0.25) is 4.79 Å². The van der Waals surface area contributed by atoms with Crippen LogP contribution < -0.4 is 5.32 Å². The summed E-state index contributed by atoms with van der Waals surface area (Å²) in [4.78, 5) is 11.9. The summed E-state index contributed by atoms with van der Waals surface area (Å²) in [7, 11) is 0. The lowest BCUT2D eigenvalue weighted by atomic mass is 10.0. The van der Waals surface area contributed by atoms with E-state index in [9.17, 15) is 9.90 Å². The molecule has 0 aromatic heterocycles. The van der Waals surface area contributed by atoms with E-state index in [4.69, 9.17) is 0 Å². The summed E-state index contributed by atoms with van der Waals surface area (Å²) in [6.07, 6.45) is 1.86. The number of benzene rings is 1. The first-order valence-electron chi connectivity index (χ1n) is 6.23. The molecule has 1 aromatic rings. The highest BCUT2D eigenvalue weighted by molar-refractivity contribution is 5.95. The molecule has 0 fully saturated rings. The highest BCUT2D eigenvalue weighted by Crippen LogP contribution is 2.09. The number of hydrogen-bond acceptors (Lipinski definition) is 2. The minimum absolute atomic E-state index is 0.0502. The van der Waals surface area contributed by atoms with Gasteiger partial charge in [-0.05, 0) is 30.9 Å². The van der Waals surface area contributed by atoms with Crippen LogP contribution in [0.5, 0.6) is 0 Å². The van der Waals surface area contributed by atoms with Crippen molar-refractivity contribution in [1.29, 1.82) is 0 Å². The molecule has 1 atom stereocenters. The molecule has 94 valence electrons. The van der Waals surface area contributed by atoms with Gasteiger partial charge in [0.2, 0.25) is 0 Å². The van der Waals surface area contributed by atoms with Gasteiger partial charge in [0.1, 0.15) is 0 Å². The number of rotatable bonds is 6. The first kappa shape index (κ1) is 13.7. The quantitative estimate of drug-likeness (QED) is 0.793. The molecule has 0 saturated carbocycles. The van der Waals surface area contributed by atoms with Crippen LogP contribution in [0.4, 0.5) is 0 Å². The second-order valence-electron chi connectivity index (χ2n) is 4.12. The summed E-state index contributed by atoms with van der Waals surface area (Å²) in [6, 6.07) is 7.62. The van der Waals surface area contributed by atoms with Gasteiger partial charge in [-0.15, -0.1) is 0 Å². The minimum atomic E-state index is -0.322. The Labute approximate surface area is 103 Å². The summed E-state index contributed by atoms with van der Waals surface area (Å²) < 4.78 is 0. The Morgan fingerprint density at radius 3 is 2.71 bits per heavy atom. The standard InChI is InChI=1S/C14H21NO2/c1-3-11-7-5-6-8-13(11)14(17)15-10-9-12(16)4-2/h5-8,12,16H,3-4,9-10H2,1-2H3,(H,15,17). The molecule has 3 heteroatoms. The third-order valence-corrected chi connectivity index (χ3v) is 2.88. The summed E-state index contributed by atoms with van der Waals surface area (Å²) in [5, 5.41) is 12.2. The van der Waals surface area contributed by atoms with Crippen molar-refractivity contribution in [3.8, 4) is 0 Å². The first-order valence-corrected chi connectivity index (χ1v) is 6.23. The van der Waals surface area contributed by atoms with E-state index in [1.54, 1.807) is 0 Å². The smallest absolute Gasteiger partial charge is 0.251 e. The third kappa shape index (κ3) is 4.19. The molecule has 0 aliphatic rings. The van der Waals surface area contributed by atoms with Crippen molar-refractivity contribution in [2.45, 2.75) is 39.2 Å². The number of carbonyl (C=O) groups excluding carboxylic acids is 1. The third-order valence-electron chi connectivity index (χ3n) is 2.88. The molecule has 0 heterocycles. The summed E-state index contributed by atoms with van der Waals surface area (Å²) in [5.41, 5.74) is 1.79. The van der Waals surface area contributed by atoms with E-state index in [0.717, 1.165) is 24.0 Å². The van der Waals surface area contributed by atoms with Gasteiger partial charge >= 0.3 is 0 Å². The fourth-order valence-electron chi connectivity index (χ4n) is 1.70. The fraction of sp³-hybridized carbons (Fsp3) is 0.500. The molecule has 0 radical (unpaired) electrons. The van der Waals surface area contributed by atoms with Crippen LogP contribution in [0.3, 0.4) is 0 Å². The Morgan fingerprint density at radius 2 is 2.06 bits per heavy atom. The lowest BCUT2D eigenvalue weighted by Crippen LogP contribution is -2.27. The maximum absolute atomic E-state index is 11.9. The van der Waals surface area contributed by atoms with Crippen molar-refractivity contribution in [3.63, 3.8) is 0 Å². The Morgan fingerprint density at radius 1 is 1.35 bits per heavy atom. The van der Waals surface area contributed by atoms with E-state index >= 15 is 0 Å². The number of carbonyl (C=O) groups is 1. The number of nitrogens with one attached hydrogen (secondary N) is 1. The van der Waals surface area contributed by atoms with E-state index in [1.807, 2.05) is 38.1 Å². The van der Waals surface area contributed by atoms with Crippen molar-refractivity contribution in [2.24, 2.45) is 0 Å². The molecular weight excluding hydrogens is 214 g/mol. The average molecular weight is 235 g/mol. The maximum atomic E-state index is 11.9. The topological polar surface area (TPSA) is 49.3 Å². The van der Waals surface area contributed by atoms with Gasteiger partial charge in [0, 0.05) is 12.1 Å². The van der Waals surface area contributed by atoms with E-state index in [2.05, 4.69) is 5.32 Å². The zero-order chi connectivity index (χ0) is 12.7. The molecule has 1 rings (SSSR count). The average Bonchev–Trinajstić information content (AvgIpc) is 2.38. The van der Waals surface area contributed by atoms with Crippen LogP contribution >= 0.6 is 0 Å². The highest BCUT2D eigenvalue weighted by Gasteiger charge is 2.09. The fourth-order valence-corrected chi connectivity index (χ4v) is 1.70. The van der Waals surface area contributed by atoms with Gasteiger partial charge in [0.25, 0.3) is 5.91 Å². The Hall–Kier alpha value is -1.35. The van der Waals surface area contributed by atoms with Crippen LogP contribution in [0.2, 0.25) is 0 Å². The van der Waals surface area contributed by atoms with Crippen molar-refractivity contribution in [3.05, 3.63) is 35.4 Å². The summed E-state index contributed by atoms with van der Waals surface area (Å²) >= 11 is 0. The highest BCUT2D eigenvalue weighted by atomic mass is 16.3. The molecule has 0 spiro atoms. The number of amides is 1. The molecule has 1 aromatic carbocycles. The van der Waals surface area contributed by atoms with Crippen molar-refractivity contribution < 1.29 is 9.90 Å². The molecule has 3 nitrogen and oxygen atoms in total. The van der Waals surface area contributed by atoms with Gasteiger partial charge in [-0.25, -0.2) is 0 Å². The van der Waals surface area contributed by atoms with E-state index in [1.165, 1.54) is 0 Å².